The fourth-order valence-electron chi connectivity index (χ4n) is 3.47. The molecule has 1 saturated carbocycles. The Balaban J connectivity index is 1.51. The van der Waals surface area contributed by atoms with Gasteiger partial charge in [0.25, 0.3) is 0 Å². The zero-order valence-corrected chi connectivity index (χ0v) is 10.2. The van der Waals surface area contributed by atoms with Crippen LogP contribution in [0.15, 0.2) is 0 Å². The van der Waals surface area contributed by atoms with E-state index >= 15 is 0 Å². The van der Waals surface area contributed by atoms with E-state index in [9.17, 15) is 0 Å². The van der Waals surface area contributed by atoms with Gasteiger partial charge in [0.2, 0.25) is 0 Å². The minimum Gasteiger partial charge on any atom is -0.347 e. The molecule has 2 saturated heterocycles. The van der Waals surface area contributed by atoms with Crippen molar-refractivity contribution in [2.75, 3.05) is 26.2 Å². The molecule has 3 aliphatic rings. The largest absolute Gasteiger partial charge is 0.347 e. The Hall–Kier alpha value is -0.120. The highest BCUT2D eigenvalue weighted by Gasteiger charge is 2.43. The summed E-state index contributed by atoms with van der Waals surface area (Å²) in [5, 5.41) is 0. The molecule has 1 atom stereocenters. The Labute approximate surface area is 98.1 Å². The van der Waals surface area contributed by atoms with Crippen LogP contribution in [-0.2, 0) is 9.47 Å². The molecule has 0 radical (unpaired) electrons. The van der Waals surface area contributed by atoms with Crippen molar-refractivity contribution in [3.8, 4) is 0 Å². The predicted octanol–water partition coefficient (Wildman–Crippen LogP) is 0.741. The minimum absolute atomic E-state index is 0.165. The van der Waals surface area contributed by atoms with Crippen LogP contribution in [0.5, 0.6) is 0 Å². The number of quaternary nitrogens is 1. The van der Waals surface area contributed by atoms with Gasteiger partial charge in [0, 0.05) is 25.7 Å². The van der Waals surface area contributed by atoms with E-state index in [0.717, 1.165) is 19.4 Å². The smallest absolute Gasteiger partial charge is 0.169 e. The summed E-state index contributed by atoms with van der Waals surface area (Å²) in [6.07, 6.45) is 9.33. The van der Waals surface area contributed by atoms with Gasteiger partial charge in [0.05, 0.1) is 19.7 Å². The predicted molar refractivity (Wildman–Crippen MR) is 61.4 cm³/mol. The fourth-order valence-corrected chi connectivity index (χ4v) is 3.47. The lowest BCUT2D eigenvalue weighted by atomic mass is 9.94. The summed E-state index contributed by atoms with van der Waals surface area (Å²) >= 11 is 0. The van der Waals surface area contributed by atoms with E-state index in [1.807, 2.05) is 0 Å². The average molecular weight is 226 g/mol. The lowest BCUT2D eigenvalue weighted by Gasteiger charge is -2.31. The highest BCUT2D eigenvalue weighted by Crippen LogP contribution is 2.37. The van der Waals surface area contributed by atoms with E-state index < -0.39 is 0 Å². The maximum absolute atomic E-state index is 6.21. The lowest BCUT2D eigenvalue weighted by molar-refractivity contribution is -0.890. The Bertz CT molecular complexity index is 232. The fraction of sp³-hybridized carbons (Fsp3) is 1.00. The van der Waals surface area contributed by atoms with Crippen molar-refractivity contribution in [3.05, 3.63) is 0 Å². The topological polar surface area (TPSA) is 22.9 Å². The van der Waals surface area contributed by atoms with Gasteiger partial charge in [-0.1, -0.05) is 6.42 Å². The third-order valence-electron chi connectivity index (χ3n) is 4.36. The van der Waals surface area contributed by atoms with Crippen LogP contribution in [0, 0.1) is 0 Å². The summed E-state index contributed by atoms with van der Waals surface area (Å²) in [7, 11) is 0. The molecule has 0 bridgehead atoms. The zero-order valence-electron chi connectivity index (χ0n) is 10.2. The van der Waals surface area contributed by atoms with Crippen molar-refractivity contribution in [2.45, 2.75) is 56.8 Å². The van der Waals surface area contributed by atoms with Crippen LogP contribution in [0.2, 0.25) is 0 Å². The van der Waals surface area contributed by atoms with E-state index in [1.54, 1.807) is 4.90 Å². The Morgan fingerprint density at radius 2 is 1.75 bits per heavy atom. The number of hydrogen-bond acceptors (Lipinski definition) is 2. The van der Waals surface area contributed by atoms with Gasteiger partial charge in [-0.25, -0.2) is 0 Å². The Kier molecular flexibility index (Phi) is 3.18. The number of rotatable bonds is 2. The normalized spacial score (nSPS) is 34.9. The molecule has 2 aliphatic heterocycles. The molecule has 3 nitrogen and oxygen atoms in total. The highest BCUT2D eigenvalue weighted by molar-refractivity contribution is 4.82. The molecular weight excluding hydrogens is 202 g/mol. The highest BCUT2D eigenvalue weighted by atomic mass is 16.7. The quantitative estimate of drug-likeness (QED) is 0.750. The SMILES string of the molecule is C1CCC2(CC1)OCC(C[NH+]1CCCC1)O2. The molecule has 0 amide bonds. The average Bonchev–Trinajstić information content (AvgIpc) is 2.92. The second kappa shape index (κ2) is 4.63. The minimum atomic E-state index is -0.165. The van der Waals surface area contributed by atoms with Crippen LogP contribution in [0.3, 0.4) is 0 Å². The Morgan fingerprint density at radius 1 is 1.00 bits per heavy atom. The van der Waals surface area contributed by atoms with Gasteiger partial charge < -0.3 is 14.4 Å². The third kappa shape index (κ3) is 2.27. The summed E-state index contributed by atoms with van der Waals surface area (Å²) in [6, 6.07) is 0. The first-order valence-electron chi connectivity index (χ1n) is 7.02. The molecule has 3 heteroatoms. The van der Waals surface area contributed by atoms with Gasteiger partial charge in [-0.2, -0.15) is 0 Å². The standard InChI is InChI=1S/C13H23NO2/c1-2-6-13(7-3-1)15-11-12(16-13)10-14-8-4-5-9-14/h12H,1-11H2/p+1. The van der Waals surface area contributed by atoms with E-state index in [4.69, 9.17) is 9.47 Å². The van der Waals surface area contributed by atoms with Crippen LogP contribution >= 0.6 is 0 Å². The van der Waals surface area contributed by atoms with Crippen molar-refractivity contribution in [1.29, 1.82) is 0 Å². The molecule has 1 N–H and O–H groups in total. The van der Waals surface area contributed by atoms with Gasteiger partial charge in [-0.3, -0.25) is 0 Å². The second-order valence-corrected chi connectivity index (χ2v) is 5.68. The van der Waals surface area contributed by atoms with E-state index in [2.05, 4.69) is 0 Å². The summed E-state index contributed by atoms with van der Waals surface area (Å²) < 4.78 is 12.2. The van der Waals surface area contributed by atoms with Crippen LogP contribution in [0.4, 0.5) is 0 Å². The maximum atomic E-state index is 6.21. The van der Waals surface area contributed by atoms with Crippen molar-refractivity contribution in [3.63, 3.8) is 0 Å². The zero-order chi connectivity index (χ0) is 10.8. The molecule has 1 spiro atoms. The van der Waals surface area contributed by atoms with Gasteiger partial charge in [0.1, 0.15) is 12.6 Å². The molecule has 3 fully saturated rings. The van der Waals surface area contributed by atoms with Gasteiger partial charge >= 0.3 is 0 Å². The first kappa shape index (κ1) is 11.0. The molecule has 2 heterocycles. The van der Waals surface area contributed by atoms with E-state index in [1.165, 1.54) is 51.7 Å². The summed E-state index contributed by atoms with van der Waals surface area (Å²) in [5.41, 5.74) is 0. The lowest BCUT2D eigenvalue weighted by Crippen LogP contribution is -3.11. The number of hydrogen-bond donors (Lipinski definition) is 1. The Morgan fingerprint density at radius 3 is 2.50 bits per heavy atom. The monoisotopic (exact) mass is 226 g/mol. The first-order chi connectivity index (χ1) is 7.86. The summed E-state index contributed by atoms with van der Waals surface area (Å²) in [4.78, 5) is 1.72. The molecular formula is C13H24NO2+. The van der Waals surface area contributed by atoms with E-state index in [-0.39, 0.29) is 5.79 Å². The molecule has 1 aliphatic carbocycles. The molecule has 0 aromatic carbocycles. The van der Waals surface area contributed by atoms with Gasteiger partial charge in [0.15, 0.2) is 5.79 Å². The van der Waals surface area contributed by atoms with Crippen molar-refractivity contribution >= 4 is 0 Å². The third-order valence-corrected chi connectivity index (χ3v) is 4.36. The molecule has 3 rings (SSSR count). The molecule has 1 unspecified atom stereocenters. The van der Waals surface area contributed by atoms with Crippen molar-refractivity contribution in [2.24, 2.45) is 0 Å². The number of likely N-dealkylation sites (tertiary alicyclic amines) is 1. The number of ether oxygens (including phenoxy) is 2. The van der Waals surface area contributed by atoms with Crippen LogP contribution in [-0.4, -0.2) is 38.1 Å². The van der Waals surface area contributed by atoms with Crippen LogP contribution in [0.25, 0.3) is 0 Å². The maximum Gasteiger partial charge on any atom is 0.169 e. The molecule has 16 heavy (non-hydrogen) atoms. The summed E-state index contributed by atoms with van der Waals surface area (Å²) in [6.45, 7) is 4.69. The van der Waals surface area contributed by atoms with Crippen molar-refractivity contribution < 1.29 is 14.4 Å². The first-order valence-corrected chi connectivity index (χ1v) is 7.02. The van der Waals surface area contributed by atoms with Crippen molar-refractivity contribution in [1.82, 2.24) is 0 Å². The van der Waals surface area contributed by atoms with Gasteiger partial charge in [-0.15, -0.1) is 0 Å². The molecule has 0 aromatic heterocycles. The second-order valence-electron chi connectivity index (χ2n) is 5.68. The van der Waals surface area contributed by atoms with Crippen LogP contribution in [0.1, 0.15) is 44.9 Å². The van der Waals surface area contributed by atoms with E-state index in [0.29, 0.717) is 6.10 Å². The molecule has 0 aromatic rings. The summed E-state index contributed by atoms with van der Waals surface area (Å²) in [5.74, 6) is -0.165. The van der Waals surface area contributed by atoms with Gasteiger partial charge in [-0.05, 0) is 12.8 Å². The van der Waals surface area contributed by atoms with Crippen LogP contribution < -0.4 is 4.90 Å². The number of nitrogens with one attached hydrogen (secondary N) is 1. The molecule has 92 valence electrons.